The van der Waals surface area contributed by atoms with Gasteiger partial charge in [0.15, 0.2) is 11.5 Å². The van der Waals surface area contributed by atoms with E-state index in [-0.39, 0.29) is 5.69 Å². The molecule has 0 fully saturated rings. The Balaban J connectivity index is 1.71. The first-order chi connectivity index (χ1) is 13.1. The number of rotatable bonds is 5. The van der Waals surface area contributed by atoms with Gasteiger partial charge in [-0.1, -0.05) is 12.2 Å². The van der Waals surface area contributed by atoms with Crippen molar-refractivity contribution in [2.24, 2.45) is 0 Å². The summed E-state index contributed by atoms with van der Waals surface area (Å²) in [5.41, 5.74) is 10.1. The number of aromatic amines is 1. The van der Waals surface area contributed by atoms with E-state index < -0.39 is 0 Å². The van der Waals surface area contributed by atoms with Crippen LogP contribution in [0.4, 0.5) is 5.82 Å². The lowest BCUT2D eigenvalue weighted by Crippen LogP contribution is -2.26. The van der Waals surface area contributed by atoms with Gasteiger partial charge in [0.1, 0.15) is 5.82 Å². The summed E-state index contributed by atoms with van der Waals surface area (Å²) in [6.07, 6.45) is 9.11. The third-order valence-electron chi connectivity index (χ3n) is 5.06. The van der Waals surface area contributed by atoms with E-state index in [0.717, 1.165) is 12.8 Å². The standard InChI is InChI=1S/C20H22N4O3/c1-26-17-9-14-16(10-18(17)27-2)23-20(25)24(19(14)21)8-7-12-11-22-15-6-4-3-5-13(12)15/h3,5,9-11,22H,4,6-8,21H2,1-2H3. The Morgan fingerprint density at radius 2 is 2.04 bits per heavy atom. The number of nitrogens with zero attached hydrogens (tertiary/aromatic N) is 2. The van der Waals surface area contributed by atoms with Gasteiger partial charge >= 0.3 is 5.69 Å². The third-order valence-corrected chi connectivity index (χ3v) is 5.06. The second kappa shape index (κ2) is 6.83. The summed E-state index contributed by atoms with van der Waals surface area (Å²) in [5.74, 6) is 1.44. The van der Waals surface area contributed by atoms with Crippen molar-refractivity contribution in [3.05, 3.63) is 51.7 Å². The zero-order valence-corrected chi connectivity index (χ0v) is 15.4. The second-order valence-corrected chi connectivity index (χ2v) is 6.55. The molecule has 0 saturated carbocycles. The van der Waals surface area contributed by atoms with Crippen LogP contribution in [0.3, 0.4) is 0 Å². The second-order valence-electron chi connectivity index (χ2n) is 6.55. The number of nitrogens with one attached hydrogen (secondary N) is 1. The number of anilines is 1. The number of benzene rings is 1. The van der Waals surface area contributed by atoms with Crippen LogP contribution in [0.1, 0.15) is 23.2 Å². The van der Waals surface area contributed by atoms with Gasteiger partial charge in [-0.15, -0.1) is 0 Å². The van der Waals surface area contributed by atoms with Gasteiger partial charge in [0.2, 0.25) is 0 Å². The fourth-order valence-corrected chi connectivity index (χ4v) is 3.60. The van der Waals surface area contributed by atoms with Crippen LogP contribution < -0.4 is 20.9 Å². The molecule has 140 valence electrons. The fraction of sp³-hybridized carbons (Fsp3) is 0.300. The van der Waals surface area contributed by atoms with Crippen molar-refractivity contribution in [1.29, 1.82) is 0 Å². The molecule has 0 saturated heterocycles. The number of allylic oxidation sites excluding steroid dienone is 1. The molecule has 1 aliphatic carbocycles. The molecule has 0 atom stereocenters. The molecule has 1 aromatic carbocycles. The van der Waals surface area contributed by atoms with Gasteiger partial charge < -0.3 is 20.2 Å². The van der Waals surface area contributed by atoms with Crippen molar-refractivity contribution < 1.29 is 9.47 Å². The summed E-state index contributed by atoms with van der Waals surface area (Å²) in [4.78, 5) is 20.0. The zero-order valence-electron chi connectivity index (χ0n) is 15.4. The molecule has 7 nitrogen and oxygen atoms in total. The monoisotopic (exact) mass is 366 g/mol. The Morgan fingerprint density at radius 1 is 1.26 bits per heavy atom. The van der Waals surface area contributed by atoms with Gasteiger partial charge in [0.05, 0.1) is 19.7 Å². The molecular weight excluding hydrogens is 344 g/mol. The van der Waals surface area contributed by atoms with Gasteiger partial charge in [0, 0.05) is 29.9 Å². The molecule has 3 aromatic rings. The Kier molecular flexibility index (Phi) is 4.35. The molecule has 0 unspecified atom stereocenters. The van der Waals surface area contributed by atoms with E-state index in [1.165, 1.54) is 21.4 Å². The highest BCUT2D eigenvalue weighted by atomic mass is 16.5. The van der Waals surface area contributed by atoms with Gasteiger partial charge in [-0.3, -0.25) is 4.57 Å². The Bertz CT molecular complexity index is 1090. The van der Waals surface area contributed by atoms with E-state index in [4.69, 9.17) is 15.2 Å². The number of aromatic nitrogens is 3. The summed E-state index contributed by atoms with van der Waals surface area (Å²) in [6.45, 7) is 0.458. The summed E-state index contributed by atoms with van der Waals surface area (Å²) in [7, 11) is 3.10. The number of nitrogen functional groups attached to an aromatic ring is 1. The predicted molar refractivity (Wildman–Crippen MR) is 105 cm³/mol. The number of hydrogen-bond donors (Lipinski definition) is 2. The molecule has 2 aromatic heterocycles. The average molecular weight is 366 g/mol. The third kappa shape index (κ3) is 2.95. The highest BCUT2D eigenvalue weighted by Crippen LogP contribution is 2.33. The largest absolute Gasteiger partial charge is 0.493 e. The van der Waals surface area contributed by atoms with Crippen LogP contribution in [-0.2, 0) is 19.4 Å². The highest BCUT2D eigenvalue weighted by Gasteiger charge is 2.15. The maximum Gasteiger partial charge on any atom is 0.349 e. The fourth-order valence-electron chi connectivity index (χ4n) is 3.60. The normalized spacial score (nSPS) is 13.0. The molecule has 0 bridgehead atoms. The quantitative estimate of drug-likeness (QED) is 0.723. The van der Waals surface area contributed by atoms with Gasteiger partial charge in [-0.2, -0.15) is 4.98 Å². The van der Waals surface area contributed by atoms with E-state index in [9.17, 15) is 4.79 Å². The molecular formula is C20H22N4O3. The van der Waals surface area contributed by atoms with Crippen LogP contribution in [0.2, 0.25) is 0 Å². The van der Waals surface area contributed by atoms with Crippen molar-refractivity contribution >= 4 is 22.8 Å². The SMILES string of the molecule is COc1cc2nc(=O)n(CCc3c[nH]c4c3C=CCC4)c(N)c2cc1OC. The first kappa shape index (κ1) is 17.2. The van der Waals surface area contributed by atoms with Crippen LogP contribution in [0.15, 0.2) is 29.2 Å². The summed E-state index contributed by atoms with van der Waals surface area (Å²) < 4.78 is 12.1. The molecule has 0 radical (unpaired) electrons. The van der Waals surface area contributed by atoms with Crippen LogP contribution >= 0.6 is 0 Å². The molecule has 27 heavy (non-hydrogen) atoms. The number of H-pyrrole nitrogens is 1. The van der Waals surface area contributed by atoms with E-state index >= 15 is 0 Å². The summed E-state index contributed by atoms with van der Waals surface area (Å²) >= 11 is 0. The molecule has 3 N–H and O–H groups in total. The number of nitrogens with two attached hydrogens (primary N) is 1. The zero-order chi connectivity index (χ0) is 19.0. The van der Waals surface area contributed by atoms with Crippen molar-refractivity contribution in [3.63, 3.8) is 0 Å². The Labute approximate surface area is 156 Å². The number of aryl methyl sites for hydroxylation is 2. The lowest BCUT2D eigenvalue weighted by atomic mass is 10.0. The van der Waals surface area contributed by atoms with Gasteiger partial charge in [-0.05, 0) is 36.5 Å². The van der Waals surface area contributed by atoms with Crippen molar-refractivity contribution in [2.45, 2.75) is 25.8 Å². The van der Waals surface area contributed by atoms with Crippen LogP contribution in [0, 0.1) is 0 Å². The number of fused-ring (bicyclic) bond motifs is 2. The minimum atomic E-state index is -0.368. The molecule has 7 heteroatoms. The Morgan fingerprint density at radius 3 is 2.81 bits per heavy atom. The summed E-state index contributed by atoms with van der Waals surface area (Å²) in [6, 6.07) is 3.43. The van der Waals surface area contributed by atoms with Crippen LogP contribution in [-0.4, -0.2) is 28.8 Å². The van der Waals surface area contributed by atoms with Crippen LogP contribution in [0.5, 0.6) is 11.5 Å². The van der Waals surface area contributed by atoms with E-state index in [0.29, 0.717) is 41.2 Å². The van der Waals surface area contributed by atoms with E-state index in [1.807, 2.05) is 6.20 Å². The topological polar surface area (TPSA) is 95.2 Å². The minimum Gasteiger partial charge on any atom is -0.493 e. The molecule has 0 aliphatic heterocycles. The molecule has 1 aliphatic rings. The minimum absolute atomic E-state index is 0.368. The number of methoxy groups -OCH3 is 2. The molecule has 0 amide bonds. The maximum absolute atomic E-state index is 12.5. The molecule has 2 heterocycles. The lowest BCUT2D eigenvalue weighted by Gasteiger charge is -2.14. The van der Waals surface area contributed by atoms with Gasteiger partial charge in [-0.25, -0.2) is 4.79 Å². The first-order valence-corrected chi connectivity index (χ1v) is 8.90. The lowest BCUT2D eigenvalue weighted by molar-refractivity contribution is 0.355. The van der Waals surface area contributed by atoms with E-state index in [1.54, 1.807) is 26.4 Å². The smallest absolute Gasteiger partial charge is 0.349 e. The number of ether oxygens (including phenoxy) is 2. The number of hydrogen-bond acceptors (Lipinski definition) is 5. The molecule has 4 rings (SSSR count). The van der Waals surface area contributed by atoms with Gasteiger partial charge in [0.25, 0.3) is 0 Å². The van der Waals surface area contributed by atoms with Crippen LogP contribution in [0.25, 0.3) is 17.0 Å². The molecule has 0 spiro atoms. The van der Waals surface area contributed by atoms with E-state index in [2.05, 4.69) is 22.1 Å². The highest BCUT2D eigenvalue weighted by molar-refractivity contribution is 5.90. The Hall–Kier alpha value is -3.22. The average Bonchev–Trinajstić information content (AvgIpc) is 3.10. The summed E-state index contributed by atoms with van der Waals surface area (Å²) in [5, 5.41) is 0.670. The van der Waals surface area contributed by atoms with Crippen molar-refractivity contribution in [3.8, 4) is 11.5 Å². The maximum atomic E-state index is 12.5. The predicted octanol–water partition coefficient (Wildman–Crippen LogP) is 2.53. The van der Waals surface area contributed by atoms with Crippen molar-refractivity contribution in [2.75, 3.05) is 20.0 Å². The van der Waals surface area contributed by atoms with Crippen molar-refractivity contribution in [1.82, 2.24) is 14.5 Å². The first-order valence-electron chi connectivity index (χ1n) is 8.90.